The van der Waals surface area contributed by atoms with Gasteiger partial charge in [-0.2, -0.15) is 13.2 Å². The Kier molecular flexibility index (Phi) is 2.90. The number of aromatic nitrogens is 2. The summed E-state index contributed by atoms with van der Waals surface area (Å²) in [7, 11) is 0. The molecule has 1 heterocycles. The molecule has 0 spiro atoms. The largest absolute Gasteiger partial charge is 0.418 e. The van der Waals surface area contributed by atoms with Gasteiger partial charge in [0.2, 0.25) is 0 Å². The molecule has 0 aliphatic heterocycles. The van der Waals surface area contributed by atoms with Gasteiger partial charge >= 0.3 is 6.18 Å². The molecule has 0 saturated carbocycles. The number of anilines is 1. The summed E-state index contributed by atoms with van der Waals surface area (Å²) in [5, 5.41) is 0. The zero-order valence-electron chi connectivity index (χ0n) is 11.1. The summed E-state index contributed by atoms with van der Waals surface area (Å²) in [6, 6.07) is 11.2. The van der Waals surface area contributed by atoms with Crippen molar-refractivity contribution in [1.29, 1.82) is 0 Å². The van der Waals surface area contributed by atoms with Crippen LogP contribution in [0.2, 0.25) is 0 Å². The number of nitrogens with zero attached hydrogens (tertiary/aromatic N) is 2. The van der Waals surface area contributed by atoms with Gasteiger partial charge in [-0.25, -0.2) is 4.98 Å². The second kappa shape index (κ2) is 4.51. The molecule has 3 rings (SSSR count). The third-order valence-corrected chi connectivity index (χ3v) is 3.33. The molecule has 3 aromatic rings. The highest BCUT2D eigenvalue weighted by atomic mass is 19.4. The molecule has 0 amide bonds. The fourth-order valence-electron chi connectivity index (χ4n) is 2.40. The highest BCUT2D eigenvalue weighted by Crippen LogP contribution is 2.35. The van der Waals surface area contributed by atoms with E-state index in [0.717, 1.165) is 17.1 Å². The van der Waals surface area contributed by atoms with Gasteiger partial charge in [-0.1, -0.05) is 12.1 Å². The first-order valence-electron chi connectivity index (χ1n) is 6.29. The SMILES string of the molecule is Cc1nc2ccccc2n1-c1ccc(N)c(C(F)(F)F)c1. The van der Waals surface area contributed by atoms with Crippen molar-refractivity contribution in [3.8, 4) is 5.69 Å². The predicted octanol–water partition coefficient (Wildman–Crippen LogP) is 3.93. The molecule has 2 aromatic carbocycles. The normalized spacial score (nSPS) is 12.0. The number of imidazole rings is 1. The Morgan fingerprint density at radius 1 is 1.10 bits per heavy atom. The molecule has 2 N–H and O–H groups in total. The van der Waals surface area contributed by atoms with Gasteiger partial charge in [-0.05, 0) is 37.3 Å². The van der Waals surface area contributed by atoms with Gasteiger partial charge in [-0.3, -0.25) is 4.57 Å². The summed E-state index contributed by atoms with van der Waals surface area (Å²) in [6.45, 7) is 1.75. The lowest BCUT2D eigenvalue weighted by atomic mass is 10.1. The Morgan fingerprint density at radius 2 is 1.81 bits per heavy atom. The fraction of sp³-hybridized carbons (Fsp3) is 0.133. The van der Waals surface area contributed by atoms with Gasteiger partial charge in [0.15, 0.2) is 0 Å². The van der Waals surface area contributed by atoms with Crippen molar-refractivity contribution in [1.82, 2.24) is 9.55 Å². The van der Waals surface area contributed by atoms with Gasteiger partial charge in [0.25, 0.3) is 0 Å². The average molecular weight is 291 g/mol. The number of fused-ring (bicyclic) bond motifs is 1. The van der Waals surface area contributed by atoms with Gasteiger partial charge in [-0.15, -0.1) is 0 Å². The van der Waals surface area contributed by atoms with Crippen molar-refractivity contribution in [2.24, 2.45) is 0 Å². The first-order valence-corrected chi connectivity index (χ1v) is 6.29. The summed E-state index contributed by atoms with van der Waals surface area (Å²) in [6.07, 6.45) is -4.48. The third kappa shape index (κ3) is 2.22. The van der Waals surface area contributed by atoms with Crippen molar-refractivity contribution in [2.75, 3.05) is 5.73 Å². The lowest BCUT2D eigenvalue weighted by Gasteiger charge is -2.13. The molecule has 108 valence electrons. The molecule has 0 saturated heterocycles. The Bertz CT molecular complexity index is 819. The topological polar surface area (TPSA) is 43.8 Å². The minimum absolute atomic E-state index is 0.284. The number of benzene rings is 2. The molecular formula is C15H12F3N3. The molecule has 0 bridgehead atoms. The fourth-order valence-corrected chi connectivity index (χ4v) is 2.40. The van der Waals surface area contributed by atoms with E-state index in [0.29, 0.717) is 11.5 Å². The van der Waals surface area contributed by atoms with Crippen LogP contribution in [0.4, 0.5) is 18.9 Å². The van der Waals surface area contributed by atoms with Gasteiger partial charge in [0.1, 0.15) is 5.82 Å². The van der Waals surface area contributed by atoms with E-state index in [1.165, 1.54) is 6.07 Å². The second-order valence-electron chi connectivity index (χ2n) is 4.75. The van der Waals surface area contributed by atoms with Crippen LogP contribution in [0.15, 0.2) is 42.5 Å². The quantitative estimate of drug-likeness (QED) is 0.690. The monoisotopic (exact) mass is 291 g/mol. The van der Waals surface area contributed by atoms with Crippen molar-refractivity contribution >= 4 is 16.7 Å². The third-order valence-electron chi connectivity index (χ3n) is 3.33. The molecule has 0 atom stereocenters. The van der Waals surface area contributed by atoms with Crippen LogP contribution >= 0.6 is 0 Å². The molecule has 3 nitrogen and oxygen atoms in total. The second-order valence-corrected chi connectivity index (χ2v) is 4.75. The van der Waals surface area contributed by atoms with Crippen molar-refractivity contribution in [2.45, 2.75) is 13.1 Å². The first kappa shape index (κ1) is 13.5. The van der Waals surface area contributed by atoms with Gasteiger partial charge in [0, 0.05) is 11.4 Å². The molecule has 0 aliphatic rings. The summed E-state index contributed by atoms with van der Waals surface area (Å²) in [5.74, 6) is 0.620. The average Bonchev–Trinajstić information content (AvgIpc) is 2.74. The van der Waals surface area contributed by atoms with Crippen LogP contribution in [0, 0.1) is 6.92 Å². The minimum atomic E-state index is -4.48. The smallest absolute Gasteiger partial charge is 0.398 e. The highest BCUT2D eigenvalue weighted by molar-refractivity contribution is 5.78. The minimum Gasteiger partial charge on any atom is -0.398 e. The first-order chi connectivity index (χ1) is 9.88. The van der Waals surface area contributed by atoms with Crippen LogP contribution in [0.3, 0.4) is 0 Å². The number of alkyl halides is 3. The number of rotatable bonds is 1. The number of nitrogen functional groups attached to an aromatic ring is 1. The molecule has 0 unspecified atom stereocenters. The number of hydrogen-bond acceptors (Lipinski definition) is 2. The molecular weight excluding hydrogens is 279 g/mol. The number of halogens is 3. The van der Waals surface area contributed by atoms with Gasteiger partial charge < -0.3 is 5.73 Å². The molecule has 0 radical (unpaired) electrons. The van der Waals surface area contributed by atoms with E-state index in [1.54, 1.807) is 17.6 Å². The Morgan fingerprint density at radius 3 is 2.52 bits per heavy atom. The molecule has 1 aromatic heterocycles. The van der Waals surface area contributed by atoms with E-state index < -0.39 is 11.7 Å². The molecule has 6 heteroatoms. The van der Waals surface area contributed by atoms with E-state index >= 15 is 0 Å². The maximum atomic E-state index is 13.0. The maximum absolute atomic E-state index is 13.0. The van der Waals surface area contributed by atoms with Crippen LogP contribution in [-0.4, -0.2) is 9.55 Å². The van der Waals surface area contributed by atoms with E-state index in [9.17, 15) is 13.2 Å². The van der Waals surface area contributed by atoms with E-state index in [1.807, 2.05) is 24.3 Å². The lowest BCUT2D eigenvalue weighted by Crippen LogP contribution is -2.10. The number of para-hydroxylation sites is 2. The zero-order valence-corrected chi connectivity index (χ0v) is 11.1. The number of hydrogen-bond donors (Lipinski definition) is 1. The Hall–Kier alpha value is -2.50. The Balaban J connectivity index is 2.27. The van der Waals surface area contributed by atoms with Crippen LogP contribution in [0.5, 0.6) is 0 Å². The van der Waals surface area contributed by atoms with Crippen LogP contribution in [0.1, 0.15) is 11.4 Å². The Labute approximate surface area is 118 Å². The summed E-state index contributed by atoms with van der Waals surface area (Å²) in [4.78, 5) is 4.35. The van der Waals surface area contributed by atoms with Crippen molar-refractivity contribution < 1.29 is 13.2 Å². The van der Waals surface area contributed by atoms with E-state index in [4.69, 9.17) is 5.73 Å². The molecule has 0 aliphatic carbocycles. The van der Waals surface area contributed by atoms with Crippen molar-refractivity contribution in [3.63, 3.8) is 0 Å². The zero-order chi connectivity index (χ0) is 15.2. The number of nitrogens with two attached hydrogens (primary N) is 1. The van der Waals surface area contributed by atoms with Crippen LogP contribution < -0.4 is 5.73 Å². The standard InChI is InChI=1S/C15H12F3N3/c1-9-20-13-4-2-3-5-14(13)21(9)10-6-7-12(19)11(8-10)15(16,17)18/h2-8H,19H2,1H3. The summed E-state index contributed by atoms with van der Waals surface area (Å²) in [5.41, 5.74) is 6.20. The van der Waals surface area contributed by atoms with Crippen LogP contribution in [0.25, 0.3) is 16.7 Å². The predicted molar refractivity (Wildman–Crippen MR) is 75.2 cm³/mol. The van der Waals surface area contributed by atoms with Gasteiger partial charge in [0.05, 0.1) is 16.6 Å². The summed E-state index contributed by atoms with van der Waals surface area (Å²) >= 11 is 0. The molecule has 21 heavy (non-hydrogen) atoms. The molecule has 0 fully saturated rings. The lowest BCUT2D eigenvalue weighted by molar-refractivity contribution is -0.136. The maximum Gasteiger partial charge on any atom is 0.418 e. The highest BCUT2D eigenvalue weighted by Gasteiger charge is 2.33. The van der Waals surface area contributed by atoms with E-state index in [-0.39, 0.29) is 5.69 Å². The number of aryl methyl sites for hydroxylation is 1. The van der Waals surface area contributed by atoms with Crippen LogP contribution in [-0.2, 0) is 6.18 Å². The summed E-state index contributed by atoms with van der Waals surface area (Å²) < 4.78 is 40.6. The van der Waals surface area contributed by atoms with E-state index in [2.05, 4.69) is 4.98 Å². The van der Waals surface area contributed by atoms with Crippen molar-refractivity contribution in [3.05, 3.63) is 53.9 Å².